The van der Waals surface area contributed by atoms with Crippen molar-refractivity contribution >= 4 is 27.7 Å². The molecule has 0 fully saturated rings. The zero-order valence-electron chi connectivity index (χ0n) is 8.37. The van der Waals surface area contributed by atoms with Crippen molar-refractivity contribution in [2.24, 2.45) is 0 Å². The summed E-state index contributed by atoms with van der Waals surface area (Å²) in [4.78, 5) is 24.7. The van der Waals surface area contributed by atoms with Crippen LogP contribution in [0.4, 0.5) is 4.79 Å². The number of halogens is 1. The van der Waals surface area contributed by atoms with Gasteiger partial charge in [-0.15, -0.1) is 0 Å². The van der Waals surface area contributed by atoms with Gasteiger partial charge in [-0.25, -0.2) is 4.79 Å². The predicted molar refractivity (Wildman–Crippen MR) is 61.8 cm³/mol. The first-order valence-corrected chi connectivity index (χ1v) is 5.97. The van der Waals surface area contributed by atoms with Crippen molar-refractivity contribution in [3.8, 4) is 0 Å². The average molecular weight is 281 g/mol. The molecule has 1 N–H and O–H groups in total. The van der Waals surface area contributed by atoms with Crippen LogP contribution >= 0.6 is 15.9 Å². The number of nitrogens with one attached hydrogen (secondary N) is 1. The molecule has 3 aliphatic rings. The highest BCUT2D eigenvalue weighted by Crippen LogP contribution is 2.37. The van der Waals surface area contributed by atoms with Gasteiger partial charge in [0.15, 0.2) is 5.78 Å². The third kappa shape index (κ3) is 1.21. The molecule has 0 aromatic heterocycles. The number of urea groups is 1. The zero-order valence-corrected chi connectivity index (χ0v) is 9.95. The van der Waals surface area contributed by atoms with Crippen molar-refractivity contribution in [1.29, 1.82) is 0 Å². The Balaban J connectivity index is 2.21. The predicted octanol–water partition coefficient (Wildman–Crippen LogP) is 1.46. The smallest absolute Gasteiger partial charge is 0.314 e. The minimum Gasteiger partial charge on any atom is -0.314 e. The molecule has 0 spiro atoms. The van der Waals surface area contributed by atoms with E-state index in [1.54, 1.807) is 23.3 Å². The fourth-order valence-corrected chi connectivity index (χ4v) is 2.87. The topological polar surface area (TPSA) is 49.4 Å². The fourth-order valence-electron chi connectivity index (χ4n) is 2.27. The molecular formula is C11H9BrN2O2. The number of carbonyl (C=O) groups is 2. The third-order valence-electron chi connectivity index (χ3n) is 3.03. The maximum atomic E-state index is 11.7. The molecule has 0 bridgehead atoms. The Morgan fingerprint density at radius 1 is 1.38 bits per heavy atom. The molecule has 0 aromatic carbocycles. The van der Waals surface area contributed by atoms with Gasteiger partial charge in [-0.2, -0.15) is 0 Å². The van der Waals surface area contributed by atoms with E-state index in [9.17, 15) is 9.59 Å². The quantitative estimate of drug-likeness (QED) is 0.683. The number of hydrogen-bond donors (Lipinski definition) is 1. The summed E-state index contributed by atoms with van der Waals surface area (Å²) in [6, 6.07) is -0.115. The summed E-state index contributed by atoms with van der Waals surface area (Å²) in [5, 5.41) is 2.68. The number of amides is 2. The normalized spacial score (nSPS) is 27.7. The summed E-state index contributed by atoms with van der Waals surface area (Å²) >= 11 is 3.39. The van der Waals surface area contributed by atoms with Gasteiger partial charge >= 0.3 is 6.03 Å². The minimum atomic E-state index is -0.291. The number of ketones is 1. The molecule has 2 aliphatic heterocycles. The SMILES string of the molecule is O=C1C=CC2=CNC(=O)N3CCC(=C23)C1Br. The molecule has 0 aromatic rings. The van der Waals surface area contributed by atoms with Crippen molar-refractivity contribution < 1.29 is 9.59 Å². The lowest BCUT2D eigenvalue weighted by Gasteiger charge is -2.25. The Labute approximate surface area is 101 Å². The average Bonchev–Trinajstić information content (AvgIpc) is 2.68. The monoisotopic (exact) mass is 280 g/mol. The van der Waals surface area contributed by atoms with Crippen molar-refractivity contribution in [2.75, 3.05) is 6.54 Å². The molecule has 1 unspecified atom stereocenters. The van der Waals surface area contributed by atoms with E-state index in [0.29, 0.717) is 6.54 Å². The maximum absolute atomic E-state index is 11.7. The molecule has 0 saturated heterocycles. The van der Waals surface area contributed by atoms with Crippen molar-refractivity contribution in [3.05, 3.63) is 35.2 Å². The zero-order chi connectivity index (χ0) is 11.3. The van der Waals surface area contributed by atoms with Gasteiger partial charge in [0, 0.05) is 18.3 Å². The molecular weight excluding hydrogens is 272 g/mol. The van der Waals surface area contributed by atoms with Crippen LogP contribution in [0.1, 0.15) is 6.42 Å². The minimum absolute atomic E-state index is 0.0344. The molecule has 16 heavy (non-hydrogen) atoms. The van der Waals surface area contributed by atoms with Crippen molar-refractivity contribution in [1.82, 2.24) is 10.2 Å². The molecule has 5 heteroatoms. The van der Waals surface area contributed by atoms with Crippen LogP contribution in [-0.2, 0) is 4.79 Å². The largest absolute Gasteiger partial charge is 0.325 e. The van der Waals surface area contributed by atoms with Gasteiger partial charge in [-0.05, 0) is 24.1 Å². The van der Waals surface area contributed by atoms with Crippen LogP contribution < -0.4 is 5.32 Å². The number of nitrogens with zero attached hydrogens (tertiary/aromatic N) is 1. The number of allylic oxidation sites excluding steroid dienone is 2. The Morgan fingerprint density at radius 2 is 2.19 bits per heavy atom. The van der Waals surface area contributed by atoms with Crippen molar-refractivity contribution in [2.45, 2.75) is 11.2 Å². The van der Waals surface area contributed by atoms with E-state index in [4.69, 9.17) is 0 Å². The summed E-state index contributed by atoms with van der Waals surface area (Å²) in [6.45, 7) is 0.650. The summed E-state index contributed by atoms with van der Waals surface area (Å²) in [6.07, 6.45) is 5.73. The van der Waals surface area contributed by atoms with E-state index < -0.39 is 0 Å². The Bertz CT molecular complexity index is 490. The standard InChI is InChI=1S/C11H9BrN2O2/c12-9-7-3-4-14-10(7)6(1-2-8(9)15)5-13-11(14)16/h1-2,5,9H,3-4H2,(H,13,16). The van der Waals surface area contributed by atoms with Gasteiger partial charge in [0.1, 0.15) is 4.83 Å². The molecule has 4 nitrogen and oxygen atoms in total. The Hall–Kier alpha value is -1.36. The van der Waals surface area contributed by atoms with Crippen LogP contribution in [0.2, 0.25) is 0 Å². The molecule has 0 saturated carbocycles. The molecule has 0 radical (unpaired) electrons. The van der Waals surface area contributed by atoms with E-state index >= 15 is 0 Å². The first-order valence-electron chi connectivity index (χ1n) is 5.06. The third-order valence-corrected chi connectivity index (χ3v) is 4.04. The lowest BCUT2D eigenvalue weighted by Crippen LogP contribution is -2.39. The first kappa shape index (κ1) is 9.84. The lowest BCUT2D eigenvalue weighted by molar-refractivity contribution is -0.113. The summed E-state index contributed by atoms with van der Waals surface area (Å²) < 4.78 is 0. The number of rotatable bonds is 0. The van der Waals surface area contributed by atoms with E-state index in [1.807, 2.05) is 0 Å². The lowest BCUT2D eigenvalue weighted by atomic mass is 10.1. The second-order valence-electron chi connectivity index (χ2n) is 3.92. The van der Waals surface area contributed by atoms with Crippen LogP contribution in [0, 0.1) is 0 Å². The first-order chi connectivity index (χ1) is 7.68. The van der Waals surface area contributed by atoms with Crippen LogP contribution in [-0.4, -0.2) is 28.1 Å². The Kier molecular flexibility index (Phi) is 2.04. The molecule has 2 amide bonds. The highest BCUT2D eigenvalue weighted by molar-refractivity contribution is 9.10. The van der Waals surface area contributed by atoms with Gasteiger partial charge in [-0.1, -0.05) is 15.9 Å². The van der Waals surface area contributed by atoms with Gasteiger partial charge in [-0.3, -0.25) is 9.69 Å². The van der Waals surface area contributed by atoms with Crippen LogP contribution in [0.15, 0.2) is 35.2 Å². The van der Waals surface area contributed by atoms with Gasteiger partial charge < -0.3 is 5.32 Å². The van der Waals surface area contributed by atoms with Gasteiger partial charge in [0.05, 0.1) is 5.70 Å². The fraction of sp³-hybridized carbons (Fsp3) is 0.273. The maximum Gasteiger partial charge on any atom is 0.325 e. The van der Waals surface area contributed by atoms with E-state index in [1.165, 1.54) is 0 Å². The molecule has 3 rings (SSSR count). The van der Waals surface area contributed by atoms with Crippen LogP contribution in [0.3, 0.4) is 0 Å². The summed E-state index contributed by atoms with van der Waals surface area (Å²) in [7, 11) is 0. The van der Waals surface area contributed by atoms with Crippen LogP contribution in [0.5, 0.6) is 0 Å². The molecule has 2 heterocycles. The summed E-state index contributed by atoms with van der Waals surface area (Å²) in [5.74, 6) is 0.0344. The van der Waals surface area contributed by atoms with E-state index in [0.717, 1.165) is 23.3 Å². The molecule has 82 valence electrons. The number of carbonyl (C=O) groups excluding carboxylic acids is 2. The highest BCUT2D eigenvalue weighted by Gasteiger charge is 2.37. The number of hydrogen-bond acceptors (Lipinski definition) is 2. The second-order valence-corrected chi connectivity index (χ2v) is 4.84. The van der Waals surface area contributed by atoms with Gasteiger partial charge in [0.25, 0.3) is 0 Å². The second kappa shape index (κ2) is 3.31. The van der Waals surface area contributed by atoms with Crippen molar-refractivity contribution in [3.63, 3.8) is 0 Å². The van der Waals surface area contributed by atoms with Gasteiger partial charge in [0.2, 0.25) is 0 Å². The van der Waals surface area contributed by atoms with E-state index in [-0.39, 0.29) is 16.6 Å². The highest BCUT2D eigenvalue weighted by atomic mass is 79.9. The van der Waals surface area contributed by atoms with Crippen LogP contribution in [0.25, 0.3) is 0 Å². The molecule has 1 aliphatic carbocycles. The summed E-state index contributed by atoms with van der Waals surface area (Å²) in [5.41, 5.74) is 2.81. The Morgan fingerprint density at radius 3 is 3.00 bits per heavy atom. The van der Waals surface area contributed by atoms with E-state index in [2.05, 4.69) is 21.2 Å². The molecule has 1 atom stereocenters. The number of alkyl halides is 1.